The number of rotatable bonds is 59. The molecular formula is C75H125N2O6P. The summed E-state index contributed by atoms with van der Waals surface area (Å²) < 4.78 is 23.4. The van der Waals surface area contributed by atoms with Gasteiger partial charge in [-0.2, -0.15) is 0 Å². The van der Waals surface area contributed by atoms with Crippen molar-refractivity contribution in [1.82, 2.24) is 5.32 Å². The number of phosphoric acid groups is 1. The second-order valence-electron chi connectivity index (χ2n) is 23.1. The van der Waals surface area contributed by atoms with Gasteiger partial charge in [0.1, 0.15) is 13.2 Å². The highest BCUT2D eigenvalue weighted by Gasteiger charge is 2.23. The molecule has 0 heterocycles. The van der Waals surface area contributed by atoms with Crippen molar-refractivity contribution < 1.29 is 32.9 Å². The summed E-state index contributed by atoms with van der Waals surface area (Å²) in [7, 11) is 1.20. The maximum Gasteiger partial charge on any atom is 0.268 e. The van der Waals surface area contributed by atoms with E-state index in [0.717, 1.165) is 128 Å². The van der Waals surface area contributed by atoms with Crippen LogP contribution in [0, 0.1) is 0 Å². The summed E-state index contributed by atoms with van der Waals surface area (Å²) in [5.74, 6) is -0.229. The maximum absolute atomic E-state index is 13.0. The summed E-state index contributed by atoms with van der Waals surface area (Å²) in [6.45, 7) is 4.49. The second kappa shape index (κ2) is 63.4. The van der Waals surface area contributed by atoms with E-state index in [1.807, 2.05) is 27.2 Å². The predicted octanol–water partition coefficient (Wildman–Crippen LogP) is 20.9. The zero-order valence-corrected chi connectivity index (χ0v) is 55.2. The van der Waals surface area contributed by atoms with Gasteiger partial charge in [-0.15, -0.1) is 0 Å². The third-order valence-corrected chi connectivity index (χ3v) is 14.9. The molecule has 0 aliphatic heterocycles. The summed E-state index contributed by atoms with van der Waals surface area (Å²) in [6, 6.07) is -0.930. The van der Waals surface area contributed by atoms with Crippen LogP contribution in [0.3, 0.4) is 0 Å². The molecule has 0 aliphatic rings. The Morgan fingerprint density at radius 3 is 1.11 bits per heavy atom. The molecule has 0 aromatic carbocycles. The highest BCUT2D eigenvalue weighted by atomic mass is 31.2. The molecule has 8 nitrogen and oxygen atoms in total. The number of phosphoric ester groups is 1. The SMILES string of the molecule is CC/C=C\C/C=C\C/C=C\C/C=C\C/C=C\C/C=C\C/C=C\C/C=C\C/C=C\C/C=C\C/C=C\CCCCCCCCCC(=O)NC(COP(=O)([O-])OCC[N+](C)(C)C)C(O)/C=C/CC/C=C/CC/C=C/CCCCCCCCCCCCC. The van der Waals surface area contributed by atoms with Crippen molar-refractivity contribution in [2.24, 2.45) is 0 Å². The van der Waals surface area contributed by atoms with Crippen molar-refractivity contribution in [3.63, 3.8) is 0 Å². The third kappa shape index (κ3) is 65.4. The minimum atomic E-state index is -4.63. The molecule has 0 rings (SSSR count). The molecule has 0 aromatic rings. The number of amides is 1. The largest absolute Gasteiger partial charge is 0.756 e. The van der Waals surface area contributed by atoms with Crippen LogP contribution in [0.2, 0.25) is 0 Å². The van der Waals surface area contributed by atoms with Gasteiger partial charge in [0, 0.05) is 6.42 Å². The number of hydrogen-bond donors (Lipinski definition) is 2. The van der Waals surface area contributed by atoms with Gasteiger partial charge in [0.05, 0.1) is 39.9 Å². The molecule has 0 aromatic heterocycles. The molecule has 0 radical (unpaired) electrons. The van der Waals surface area contributed by atoms with Crippen molar-refractivity contribution in [1.29, 1.82) is 0 Å². The number of aliphatic hydroxyl groups is 1. The Labute approximate surface area is 517 Å². The van der Waals surface area contributed by atoms with E-state index in [9.17, 15) is 19.4 Å². The lowest BCUT2D eigenvalue weighted by molar-refractivity contribution is -0.870. The van der Waals surface area contributed by atoms with Crippen LogP contribution in [-0.2, 0) is 18.4 Å². The van der Waals surface area contributed by atoms with E-state index >= 15 is 0 Å². The molecule has 0 fully saturated rings. The number of aliphatic hydroxyl groups excluding tert-OH is 1. The molecule has 0 spiro atoms. The summed E-state index contributed by atoms with van der Waals surface area (Å²) in [6.07, 6.45) is 100. The van der Waals surface area contributed by atoms with E-state index in [1.54, 1.807) is 6.08 Å². The van der Waals surface area contributed by atoms with Gasteiger partial charge in [0.2, 0.25) is 5.91 Å². The second-order valence-corrected chi connectivity index (χ2v) is 24.5. The van der Waals surface area contributed by atoms with Crippen LogP contribution < -0.4 is 10.2 Å². The van der Waals surface area contributed by atoms with E-state index in [4.69, 9.17) is 9.05 Å². The number of allylic oxidation sites excluding steroid dienone is 27. The van der Waals surface area contributed by atoms with Crippen LogP contribution in [0.5, 0.6) is 0 Å². The maximum atomic E-state index is 13.0. The quantitative estimate of drug-likeness (QED) is 0.0272. The van der Waals surface area contributed by atoms with Crippen LogP contribution in [0.15, 0.2) is 170 Å². The molecule has 0 saturated carbocycles. The van der Waals surface area contributed by atoms with Gasteiger partial charge < -0.3 is 28.8 Å². The first kappa shape index (κ1) is 79.9. The van der Waals surface area contributed by atoms with Gasteiger partial charge in [-0.25, -0.2) is 0 Å². The van der Waals surface area contributed by atoms with Crippen LogP contribution in [0.4, 0.5) is 0 Å². The number of quaternary nitrogens is 1. The van der Waals surface area contributed by atoms with Crippen LogP contribution in [-0.4, -0.2) is 68.5 Å². The van der Waals surface area contributed by atoms with Crippen molar-refractivity contribution in [2.75, 3.05) is 40.9 Å². The van der Waals surface area contributed by atoms with Crippen molar-refractivity contribution in [2.45, 2.75) is 257 Å². The summed E-state index contributed by atoms with van der Waals surface area (Å²) in [5, 5.41) is 13.9. The Kier molecular flexibility index (Phi) is 60.2. The Bertz CT molecular complexity index is 1970. The summed E-state index contributed by atoms with van der Waals surface area (Å²) >= 11 is 0. The van der Waals surface area contributed by atoms with Crippen molar-refractivity contribution in [3.05, 3.63) is 170 Å². The molecule has 3 unspecified atom stereocenters. The molecule has 1 amide bonds. The van der Waals surface area contributed by atoms with E-state index < -0.39 is 26.6 Å². The van der Waals surface area contributed by atoms with E-state index in [2.05, 4.69) is 177 Å². The van der Waals surface area contributed by atoms with Crippen LogP contribution in [0.1, 0.15) is 245 Å². The number of hydrogen-bond acceptors (Lipinski definition) is 6. The molecule has 9 heteroatoms. The molecular weight excluding hydrogens is 1060 g/mol. The molecule has 84 heavy (non-hydrogen) atoms. The first-order valence-electron chi connectivity index (χ1n) is 33.5. The molecule has 476 valence electrons. The van der Waals surface area contributed by atoms with Crippen molar-refractivity contribution in [3.8, 4) is 0 Å². The number of likely N-dealkylation sites (N-methyl/N-ethyl adjacent to an activating group) is 1. The number of carbonyl (C=O) groups excluding carboxylic acids is 1. The molecule has 0 saturated heterocycles. The number of unbranched alkanes of at least 4 members (excludes halogenated alkanes) is 20. The van der Waals surface area contributed by atoms with Gasteiger partial charge in [-0.3, -0.25) is 9.36 Å². The van der Waals surface area contributed by atoms with Gasteiger partial charge in [0.15, 0.2) is 0 Å². The Morgan fingerprint density at radius 2 is 0.738 bits per heavy atom. The minimum absolute atomic E-state index is 0.0200. The molecule has 3 atom stereocenters. The van der Waals surface area contributed by atoms with Crippen molar-refractivity contribution >= 4 is 13.7 Å². The molecule has 0 bridgehead atoms. The number of nitrogens with zero attached hydrogens (tertiary/aromatic N) is 1. The lowest BCUT2D eigenvalue weighted by atomic mass is 10.1. The minimum Gasteiger partial charge on any atom is -0.756 e. The zero-order valence-electron chi connectivity index (χ0n) is 54.3. The van der Waals surface area contributed by atoms with Crippen LogP contribution >= 0.6 is 7.82 Å². The van der Waals surface area contributed by atoms with Gasteiger partial charge in [-0.1, -0.05) is 280 Å². The Hall–Kier alpha value is -4.14. The number of nitrogens with one attached hydrogen (secondary N) is 1. The fraction of sp³-hybridized carbons (Fsp3) is 0.613. The fourth-order valence-corrected chi connectivity index (χ4v) is 9.44. The third-order valence-electron chi connectivity index (χ3n) is 13.9. The van der Waals surface area contributed by atoms with E-state index in [1.165, 1.54) is 96.3 Å². The Morgan fingerprint density at radius 1 is 0.429 bits per heavy atom. The highest BCUT2D eigenvalue weighted by Crippen LogP contribution is 2.38. The van der Waals surface area contributed by atoms with Gasteiger partial charge in [-0.05, 0) is 128 Å². The first-order chi connectivity index (χ1) is 41.0. The van der Waals surface area contributed by atoms with E-state index in [-0.39, 0.29) is 12.5 Å². The highest BCUT2D eigenvalue weighted by molar-refractivity contribution is 7.45. The Balaban J connectivity index is 4.22. The van der Waals surface area contributed by atoms with Gasteiger partial charge >= 0.3 is 0 Å². The standard InChI is InChI=1S/C75H125N2O6P/c1-6-8-10-12-14-16-18-20-22-24-26-28-29-30-31-32-33-34-35-36-37-38-39-40-41-42-43-44-45-46-47-49-51-53-55-57-59-61-63-65-67-69-75(79)76-73(72-83-84(80,81)82-71-70-77(3,4)5)74(78)68-66-64-62-60-58-56-54-52-50-48-27-25-23-21-19-17-15-13-11-9-7-2/h8,10,14,16,20,22,26,28,30-31,33-34,36-37,39-40,42-43,45-46,49-52,58,60,66,68,73-74,78H,6-7,9,11-13,15,17-19,21,23-25,27,29,32,35,38,41,44,47-48,53-57,59,61-65,67,69-72H2,1-5H3,(H-,76,79,80,81)/b10-8-,16-14-,22-20-,28-26-,31-30-,34-33-,37-36-,40-39-,43-42-,46-45-,51-49-,52-50+,60-58+,68-66+. The monoisotopic (exact) mass is 1180 g/mol. The smallest absolute Gasteiger partial charge is 0.268 e. The summed E-state index contributed by atoms with van der Waals surface area (Å²) in [5.41, 5.74) is 0. The topological polar surface area (TPSA) is 108 Å². The summed E-state index contributed by atoms with van der Waals surface area (Å²) in [4.78, 5) is 25.6. The zero-order chi connectivity index (χ0) is 61.2. The molecule has 2 N–H and O–H groups in total. The van der Waals surface area contributed by atoms with Crippen LogP contribution in [0.25, 0.3) is 0 Å². The van der Waals surface area contributed by atoms with E-state index in [0.29, 0.717) is 17.4 Å². The van der Waals surface area contributed by atoms with Gasteiger partial charge in [0.25, 0.3) is 7.82 Å². The lowest BCUT2D eigenvalue weighted by Crippen LogP contribution is -2.45. The lowest BCUT2D eigenvalue weighted by Gasteiger charge is -2.29. The average Bonchev–Trinajstić information content (AvgIpc) is 3.56. The normalized spacial score (nSPS) is 14.8. The predicted molar refractivity (Wildman–Crippen MR) is 366 cm³/mol. The fourth-order valence-electron chi connectivity index (χ4n) is 8.72. The molecule has 0 aliphatic carbocycles. The number of carbonyl (C=O) groups is 1. The average molecular weight is 1180 g/mol. The first-order valence-corrected chi connectivity index (χ1v) is 35.0.